The zero-order valence-corrected chi connectivity index (χ0v) is 17.2. The van der Waals surface area contributed by atoms with Gasteiger partial charge in [0.25, 0.3) is 5.56 Å². The normalized spacial score (nSPS) is 13.6. The number of rotatable bonds is 4. The Kier molecular flexibility index (Phi) is 4.93. The molecule has 2 heterocycles. The average molecular weight is 397 g/mol. The first kappa shape index (κ1) is 18.7. The third-order valence-corrected chi connectivity index (χ3v) is 6.18. The van der Waals surface area contributed by atoms with Crippen LogP contribution in [0.1, 0.15) is 50.1 Å². The number of carbonyl (C=O) groups excluding carboxylic acids is 1. The van der Waals surface area contributed by atoms with E-state index in [9.17, 15) is 9.59 Å². The van der Waals surface area contributed by atoms with E-state index in [2.05, 4.69) is 10.6 Å². The van der Waals surface area contributed by atoms with Crippen molar-refractivity contribution in [3.63, 3.8) is 0 Å². The molecule has 1 aromatic carbocycles. The van der Waals surface area contributed by atoms with Gasteiger partial charge in [0.2, 0.25) is 11.9 Å². The number of aromatic nitrogens is 2. The van der Waals surface area contributed by atoms with Gasteiger partial charge in [0.05, 0.1) is 5.39 Å². The molecule has 0 bridgehead atoms. The van der Waals surface area contributed by atoms with E-state index >= 15 is 0 Å². The number of nitrogens with zero attached hydrogens (tertiary/aromatic N) is 2. The Balaban J connectivity index is 1.77. The largest absolute Gasteiger partial charge is 0.326 e. The van der Waals surface area contributed by atoms with Crippen molar-refractivity contribution < 1.29 is 4.79 Å². The number of nitrogens with one attached hydrogen (secondary N) is 2. The minimum Gasteiger partial charge on any atom is -0.326 e. The summed E-state index contributed by atoms with van der Waals surface area (Å²) in [6.45, 7) is 5.48. The van der Waals surface area contributed by atoms with Crippen LogP contribution in [0.2, 0.25) is 0 Å². The van der Waals surface area contributed by atoms with Gasteiger partial charge in [-0.05, 0) is 69.4 Å². The molecule has 0 saturated carbocycles. The molecule has 1 amide bonds. The smallest absolute Gasteiger partial charge is 0.264 e. The highest BCUT2D eigenvalue weighted by molar-refractivity contribution is 7.18. The van der Waals surface area contributed by atoms with Crippen molar-refractivity contribution in [2.75, 3.05) is 10.6 Å². The quantitative estimate of drug-likeness (QED) is 0.675. The molecule has 0 saturated heterocycles. The molecule has 146 valence electrons. The van der Waals surface area contributed by atoms with Crippen LogP contribution in [0.4, 0.5) is 17.3 Å². The molecule has 6 nitrogen and oxygen atoms in total. The van der Waals surface area contributed by atoms with E-state index in [1.54, 1.807) is 15.9 Å². The molecule has 1 aliphatic carbocycles. The van der Waals surface area contributed by atoms with Crippen LogP contribution in [-0.2, 0) is 17.6 Å². The lowest BCUT2D eigenvalue weighted by Crippen LogP contribution is -2.26. The van der Waals surface area contributed by atoms with Crippen molar-refractivity contribution in [1.82, 2.24) is 9.55 Å². The molecule has 0 spiro atoms. The standard InChI is InChI=1S/C21H24N4O2S/c1-12(2)25-20(27)18-16-6-4-5-7-17(16)28-19(18)24-21(25)23-15-10-8-14(9-11-15)22-13(3)26/h8-12H,4-7H2,1-3H3,(H,22,26)(H,23,24). The van der Waals surface area contributed by atoms with Crippen LogP contribution in [0.3, 0.4) is 0 Å². The van der Waals surface area contributed by atoms with Crippen molar-refractivity contribution in [2.45, 2.75) is 52.5 Å². The highest BCUT2D eigenvalue weighted by Crippen LogP contribution is 2.35. The summed E-state index contributed by atoms with van der Waals surface area (Å²) in [5, 5.41) is 6.85. The van der Waals surface area contributed by atoms with Crippen LogP contribution < -0.4 is 16.2 Å². The molecule has 4 rings (SSSR count). The number of benzene rings is 1. The highest BCUT2D eigenvalue weighted by Gasteiger charge is 2.23. The fourth-order valence-corrected chi connectivity index (χ4v) is 5.01. The maximum atomic E-state index is 13.3. The van der Waals surface area contributed by atoms with Crippen molar-refractivity contribution in [3.8, 4) is 0 Å². The zero-order chi connectivity index (χ0) is 19.8. The summed E-state index contributed by atoms with van der Waals surface area (Å²) in [6, 6.07) is 7.37. The van der Waals surface area contributed by atoms with Gasteiger partial charge in [0.15, 0.2) is 0 Å². The molecule has 3 aromatic rings. The number of anilines is 3. The van der Waals surface area contributed by atoms with Crippen LogP contribution in [0.25, 0.3) is 10.2 Å². The van der Waals surface area contributed by atoms with Crippen molar-refractivity contribution in [3.05, 3.63) is 45.1 Å². The second kappa shape index (κ2) is 7.39. The van der Waals surface area contributed by atoms with E-state index in [1.165, 1.54) is 23.8 Å². The maximum Gasteiger partial charge on any atom is 0.264 e. The minimum atomic E-state index is -0.108. The van der Waals surface area contributed by atoms with Crippen LogP contribution in [0.5, 0.6) is 0 Å². The monoisotopic (exact) mass is 396 g/mol. The molecule has 0 radical (unpaired) electrons. The second-order valence-electron chi connectivity index (χ2n) is 7.48. The van der Waals surface area contributed by atoms with Gasteiger partial charge in [-0.2, -0.15) is 0 Å². The van der Waals surface area contributed by atoms with Gasteiger partial charge in [0.1, 0.15) is 4.83 Å². The Morgan fingerprint density at radius 2 is 1.82 bits per heavy atom. The molecule has 2 aromatic heterocycles. The minimum absolute atomic E-state index is 0.00954. The summed E-state index contributed by atoms with van der Waals surface area (Å²) in [4.78, 5) is 31.5. The Morgan fingerprint density at radius 3 is 2.50 bits per heavy atom. The summed E-state index contributed by atoms with van der Waals surface area (Å²) in [5.74, 6) is 0.446. The number of amides is 1. The first-order chi connectivity index (χ1) is 13.4. The van der Waals surface area contributed by atoms with Crippen molar-refractivity contribution in [2.24, 2.45) is 0 Å². The molecule has 0 fully saturated rings. The Bertz CT molecular complexity index is 1100. The number of hydrogen-bond acceptors (Lipinski definition) is 5. The third kappa shape index (κ3) is 3.42. The molecule has 0 atom stereocenters. The predicted octanol–water partition coefficient (Wildman–Crippen LogP) is 4.62. The Morgan fingerprint density at radius 1 is 1.14 bits per heavy atom. The summed E-state index contributed by atoms with van der Waals surface area (Å²) in [6.07, 6.45) is 4.34. The van der Waals surface area contributed by atoms with Crippen LogP contribution >= 0.6 is 11.3 Å². The van der Waals surface area contributed by atoms with Crippen LogP contribution in [0, 0.1) is 0 Å². The van der Waals surface area contributed by atoms with E-state index in [1.807, 2.05) is 38.1 Å². The second-order valence-corrected chi connectivity index (χ2v) is 8.56. The third-order valence-electron chi connectivity index (χ3n) is 5.00. The van der Waals surface area contributed by atoms with Gasteiger partial charge in [-0.15, -0.1) is 11.3 Å². The molecule has 7 heteroatoms. The van der Waals surface area contributed by atoms with E-state index in [4.69, 9.17) is 4.98 Å². The number of hydrogen-bond donors (Lipinski definition) is 2. The molecular formula is C21H24N4O2S. The summed E-state index contributed by atoms with van der Waals surface area (Å²) < 4.78 is 1.74. The number of thiophene rings is 1. The summed E-state index contributed by atoms with van der Waals surface area (Å²) in [5.41, 5.74) is 2.80. The van der Waals surface area contributed by atoms with Crippen molar-refractivity contribution in [1.29, 1.82) is 0 Å². The fourth-order valence-electron chi connectivity index (χ4n) is 3.75. The van der Waals surface area contributed by atoms with Crippen LogP contribution in [0.15, 0.2) is 29.1 Å². The van der Waals surface area contributed by atoms with E-state index in [-0.39, 0.29) is 17.5 Å². The van der Waals surface area contributed by atoms with Gasteiger partial charge in [-0.25, -0.2) is 4.98 Å². The van der Waals surface area contributed by atoms with E-state index in [0.717, 1.165) is 40.9 Å². The van der Waals surface area contributed by atoms with Crippen LogP contribution in [-0.4, -0.2) is 15.5 Å². The van der Waals surface area contributed by atoms with Gasteiger partial charge in [0, 0.05) is 29.2 Å². The maximum absolute atomic E-state index is 13.3. The summed E-state index contributed by atoms with van der Waals surface area (Å²) >= 11 is 1.66. The first-order valence-corrected chi connectivity index (χ1v) is 10.5. The number of carbonyl (C=O) groups is 1. The van der Waals surface area contributed by atoms with Gasteiger partial charge in [-0.1, -0.05) is 0 Å². The van der Waals surface area contributed by atoms with Gasteiger partial charge >= 0.3 is 0 Å². The molecule has 1 aliphatic rings. The van der Waals surface area contributed by atoms with E-state index in [0.29, 0.717) is 5.95 Å². The lowest BCUT2D eigenvalue weighted by atomic mass is 9.97. The SMILES string of the molecule is CC(=O)Nc1ccc(Nc2nc3sc4c(c3c(=O)n2C(C)C)CCCC4)cc1. The van der Waals surface area contributed by atoms with Crippen molar-refractivity contribution >= 4 is 44.8 Å². The molecule has 0 unspecified atom stereocenters. The number of fused-ring (bicyclic) bond motifs is 3. The molecular weight excluding hydrogens is 372 g/mol. The first-order valence-electron chi connectivity index (χ1n) is 9.65. The van der Waals surface area contributed by atoms with E-state index < -0.39 is 0 Å². The zero-order valence-electron chi connectivity index (χ0n) is 16.3. The van der Waals surface area contributed by atoms with Gasteiger partial charge < -0.3 is 10.6 Å². The average Bonchev–Trinajstić information content (AvgIpc) is 3.01. The van der Waals surface area contributed by atoms with Gasteiger partial charge in [-0.3, -0.25) is 14.2 Å². The predicted molar refractivity (Wildman–Crippen MR) is 115 cm³/mol. The Labute approximate surface area is 167 Å². The fraction of sp³-hybridized carbons (Fsp3) is 0.381. The molecule has 2 N–H and O–H groups in total. The lowest BCUT2D eigenvalue weighted by Gasteiger charge is -2.17. The molecule has 0 aliphatic heterocycles. The number of aryl methyl sites for hydroxylation is 2. The Hall–Kier alpha value is -2.67. The lowest BCUT2D eigenvalue weighted by molar-refractivity contribution is -0.114. The molecule has 28 heavy (non-hydrogen) atoms. The highest BCUT2D eigenvalue weighted by atomic mass is 32.1. The summed E-state index contributed by atoms with van der Waals surface area (Å²) in [7, 11) is 0. The topological polar surface area (TPSA) is 76.0 Å².